The first-order valence-electron chi connectivity index (χ1n) is 6.10. The molecule has 0 spiro atoms. The van der Waals surface area contributed by atoms with E-state index in [4.69, 9.17) is 15.9 Å². The van der Waals surface area contributed by atoms with Gasteiger partial charge >= 0.3 is 6.18 Å². The zero-order valence-corrected chi connectivity index (χ0v) is 10.9. The molecule has 3 N–H and O–H groups in total. The Balaban J connectivity index is 2.09. The fraction of sp³-hybridized carbons (Fsp3) is 0.133. The van der Waals surface area contributed by atoms with Crippen molar-refractivity contribution in [2.75, 3.05) is 0 Å². The standard InChI is InChI=1S/C15H13F3N2O/c16-15(17,18)11-5-7-12(8-6-11)21-9-10-3-1-2-4-13(10)14(19)20/h1-8H,9H2,(H3,19,20). The number of hydrogen-bond donors (Lipinski definition) is 2. The molecule has 3 nitrogen and oxygen atoms in total. The zero-order valence-electron chi connectivity index (χ0n) is 10.9. The molecule has 0 radical (unpaired) electrons. The molecule has 0 fully saturated rings. The molecule has 0 aromatic heterocycles. The van der Waals surface area contributed by atoms with E-state index in [-0.39, 0.29) is 12.4 Å². The molecule has 0 bridgehead atoms. The van der Waals surface area contributed by atoms with Crippen molar-refractivity contribution in [3.05, 3.63) is 65.2 Å². The average molecular weight is 294 g/mol. The Hall–Kier alpha value is -2.50. The molecule has 2 aromatic rings. The largest absolute Gasteiger partial charge is 0.489 e. The van der Waals surface area contributed by atoms with E-state index >= 15 is 0 Å². The van der Waals surface area contributed by atoms with Gasteiger partial charge in [-0.25, -0.2) is 0 Å². The molecule has 2 rings (SSSR count). The average Bonchev–Trinajstić information content (AvgIpc) is 2.45. The summed E-state index contributed by atoms with van der Waals surface area (Å²) in [5.41, 5.74) is 5.98. The van der Waals surface area contributed by atoms with Crippen LogP contribution < -0.4 is 10.5 Å². The van der Waals surface area contributed by atoms with Crippen LogP contribution in [-0.4, -0.2) is 5.84 Å². The van der Waals surface area contributed by atoms with Crippen molar-refractivity contribution in [1.29, 1.82) is 5.41 Å². The van der Waals surface area contributed by atoms with E-state index in [0.717, 1.165) is 12.1 Å². The van der Waals surface area contributed by atoms with Crippen molar-refractivity contribution in [3.63, 3.8) is 0 Å². The number of benzene rings is 2. The van der Waals surface area contributed by atoms with E-state index < -0.39 is 11.7 Å². The predicted octanol–water partition coefficient (Wildman–Crippen LogP) is 3.57. The van der Waals surface area contributed by atoms with Crippen LogP contribution in [0, 0.1) is 5.41 Å². The number of ether oxygens (including phenoxy) is 1. The molecule has 110 valence electrons. The molecular weight excluding hydrogens is 281 g/mol. The third-order valence-electron chi connectivity index (χ3n) is 2.88. The summed E-state index contributed by atoms with van der Waals surface area (Å²) in [7, 11) is 0. The first-order chi connectivity index (χ1) is 9.88. The van der Waals surface area contributed by atoms with Crippen molar-refractivity contribution in [1.82, 2.24) is 0 Å². The van der Waals surface area contributed by atoms with Crippen LogP contribution >= 0.6 is 0 Å². The topological polar surface area (TPSA) is 59.1 Å². The minimum absolute atomic E-state index is 0.0818. The van der Waals surface area contributed by atoms with Crippen LogP contribution in [0.2, 0.25) is 0 Å². The summed E-state index contributed by atoms with van der Waals surface area (Å²) in [6, 6.07) is 11.4. The number of hydrogen-bond acceptors (Lipinski definition) is 2. The third kappa shape index (κ3) is 3.75. The molecule has 0 amide bonds. The van der Waals surface area contributed by atoms with Gasteiger partial charge in [-0.3, -0.25) is 5.41 Å². The lowest BCUT2D eigenvalue weighted by Crippen LogP contribution is -2.14. The second-order valence-electron chi connectivity index (χ2n) is 4.38. The van der Waals surface area contributed by atoms with Crippen LogP contribution in [-0.2, 0) is 12.8 Å². The van der Waals surface area contributed by atoms with Crippen molar-refractivity contribution in [2.45, 2.75) is 12.8 Å². The molecule has 0 heterocycles. The Kier molecular flexibility index (Phi) is 4.16. The Morgan fingerprint density at radius 2 is 1.67 bits per heavy atom. The number of amidine groups is 1. The fourth-order valence-electron chi connectivity index (χ4n) is 1.81. The van der Waals surface area contributed by atoms with E-state index in [1.165, 1.54) is 12.1 Å². The smallest absolute Gasteiger partial charge is 0.416 e. The maximum absolute atomic E-state index is 12.4. The second kappa shape index (κ2) is 5.87. The molecule has 6 heteroatoms. The number of nitrogen functional groups attached to an aromatic ring is 1. The Labute approximate surface area is 119 Å². The lowest BCUT2D eigenvalue weighted by atomic mass is 10.1. The van der Waals surface area contributed by atoms with Crippen molar-refractivity contribution >= 4 is 5.84 Å². The minimum atomic E-state index is -4.36. The summed E-state index contributed by atoms with van der Waals surface area (Å²) in [5, 5.41) is 7.45. The van der Waals surface area contributed by atoms with Crippen LogP contribution in [0.3, 0.4) is 0 Å². The van der Waals surface area contributed by atoms with Gasteiger partial charge in [0.1, 0.15) is 18.2 Å². The lowest BCUT2D eigenvalue weighted by molar-refractivity contribution is -0.137. The molecule has 0 atom stereocenters. The fourth-order valence-corrected chi connectivity index (χ4v) is 1.81. The number of halogens is 3. The summed E-state index contributed by atoms with van der Waals surface area (Å²) in [6.07, 6.45) is -4.36. The van der Waals surface area contributed by atoms with Gasteiger partial charge in [0.25, 0.3) is 0 Å². The van der Waals surface area contributed by atoms with Crippen LogP contribution in [0.25, 0.3) is 0 Å². The molecule has 21 heavy (non-hydrogen) atoms. The van der Waals surface area contributed by atoms with Gasteiger partial charge in [0.05, 0.1) is 5.56 Å². The highest BCUT2D eigenvalue weighted by molar-refractivity contribution is 5.96. The van der Waals surface area contributed by atoms with Crippen molar-refractivity contribution in [3.8, 4) is 5.75 Å². The Bertz CT molecular complexity index is 636. The summed E-state index contributed by atoms with van der Waals surface area (Å²) in [4.78, 5) is 0. The number of nitrogens with one attached hydrogen (secondary N) is 1. The van der Waals surface area contributed by atoms with E-state index in [0.29, 0.717) is 16.9 Å². The zero-order chi connectivity index (χ0) is 15.5. The van der Waals surface area contributed by atoms with E-state index in [1.807, 2.05) is 0 Å². The van der Waals surface area contributed by atoms with Gasteiger partial charge in [0, 0.05) is 11.1 Å². The monoisotopic (exact) mass is 294 g/mol. The van der Waals surface area contributed by atoms with Crippen molar-refractivity contribution < 1.29 is 17.9 Å². The second-order valence-corrected chi connectivity index (χ2v) is 4.38. The Morgan fingerprint density at radius 1 is 1.05 bits per heavy atom. The molecule has 0 aliphatic heterocycles. The first kappa shape index (κ1) is 14.9. The lowest BCUT2D eigenvalue weighted by Gasteiger charge is -2.11. The molecule has 0 saturated carbocycles. The first-order valence-corrected chi connectivity index (χ1v) is 6.10. The Morgan fingerprint density at radius 3 is 2.24 bits per heavy atom. The van der Waals surface area contributed by atoms with Crippen LogP contribution in [0.1, 0.15) is 16.7 Å². The van der Waals surface area contributed by atoms with Gasteiger partial charge in [0.2, 0.25) is 0 Å². The molecular formula is C15H13F3N2O. The van der Waals surface area contributed by atoms with Crippen LogP contribution in [0.4, 0.5) is 13.2 Å². The number of nitrogens with two attached hydrogens (primary N) is 1. The maximum atomic E-state index is 12.4. The van der Waals surface area contributed by atoms with Gasteiger partial charge in [0.15, 0.2) is 0 Å². The number of rotatable bonds is 4. The highest BCUT2D eigenvalue weighted by atomic mass is 19.4. The van der Waals surface area contributed by atoms with Gasteiger partial charge in [-0.2, -0.15) is 13.2 Å². The van der Waals surface area contributed by atoms with Gasteiger partial charge < -0.3 is 10.5 Å². The highest BCUT2D eigenvalue weighted by Crippen LogP contribution is 2.30. The minimum Gasteiger partial charge on any atom is -0.489 e. The molecule has 0 aliphatic rings. The third-order valence-corrected chi connectivity index (χ3v) is 2.88. The van der Waals surface area contributed by atoms with E-state index in [1.54, 1.807) is 24.3 Å². The summed E-state index contributed by atoms with van der Waals surface area (Å²) in [5.74, 6) is 0.239. The highest BCUT2D eigenvalue weighted by Gasteiger charge is 2.29. The van der Waals surface area contributed by atoms with Gasteiger partial charge in [-0.05, 0) is 24.3 Å². The summed E-state index contributed by atoms with van der Waals surface area (Å²) in [6.45, 7) is 0.126. The number of alkyl halides is 3. The van der Waals surface area contributed by atoms with Gasteiger partial charge in [-0.1, -0.05) is 24.3 Å². The van der Waals surface area contributed by atoms with E-state index in [2.05, 4.69) is 0 Å². The van der Waals surface area contributed by atoms with Crippen LogP contribution in [0.5, 0.6) is 5.75 Å². The normalized spacial score (nSPS) is 11.2. The maximum Gasteiger partial charge on any atom is 0.416 e. The molecule has 0 saturated heterocycles. The summed E-state index contributed by atoms with van der Waals surface area (Å²) >= 11 is 0. The van der Waals surface area contributed by atoms with Crippen molar-refractivity contribution in [2.24, 2.45) is 5.73 Å². The quantitative estimate of drug-likeness (QED) is 0.669. The van der Waals surface area contributed by atoms with Gasteiger partial charge in [-0.15, -0.1) is 0 Å². The predicted molar refractivity (Wildman–Crippen MR) is 73.2 cm³/mol. The molecule has 0 unspecified atom stereocenters. The molecule has 2 aromatic carbocycles. The van der Waals surface area contributed by atoms with Crippen LogP contribution in [0.15, 0.2) is 48.5 Å². The SMILES string of the molecule is N=C(N)c1ccccc1COc1ccc(C(F)(F)F)cc1. The van der Waals surface area contributed by atoms with E-state index in [9.17, 15) is 13.2 Å². The molecule has 0 aliphatic carbocycles. The summed E-state index contributed by atoms with van der Waals surface area (Å²) < 4.78 is 42.7.